The van der Waals surface area contributed by atoms with E-state index in [9.17, 15) is 0 Å². The summed E-state index contributed by atoms with van der Waals surface area (Å²) >= 11 is 8.59. The SMILES string of the molecule is NC(=S)c1cc2ccccc2nc1Nc1cccc(Br)c1. The van der Waals surface area contributed by atoms with E-state index in [0.717, 1.165) is 26.6 Å². The Bertz CT molecular complexity index is 833. The summed E-state index contributed by atoms with van der Waals surface area (Å²) in [6.07, 6.45) is 0. The molecular weight excluding hydrogens is 346 g/mol. The van der Waals surface area contributed by atoms with E-state index in [1.165, 1.54) is 0 Å². The highest BCUT2D eigenvalue weighted by atomic mass is 79.9. The van der Waals surface area contributed by atoms with Crippen molar-refractivity contribution in [3.63, 3.8) is 0 Å². The molecule has 0 saturated carbocycles. The number of nitrogens with two attached hydrogens (primary N) is 1. The van der Waals surface area contributed by atoms with E-state index >= 15 is 0 Å². The fourth-order valence-electron chi connectivity index (χ4n) is 2.10. The minimum atomic E-state index is 0.325. The molecule has 0 spiro atoms. The second-order valence-electron chi connectivity index (χ2n) is 4.58. The van der Waals surface area contributed by atoms with E-state index in [4.69, 9.17) is 18.0 Å². The van der Waals surface area contributed by atoms with Gasteiger partial charge in [-0.25, -0.2) is 4.98 Å². The average molecular weight is 358 g/mol. The molecule has 104 valence electrons. The second kappa shape index (κ2) is 5.79. The van der Waals surface area contributed by atoms with Crippen LogP contribution in [0.2, 0.25) is 0 Å². The Labute approximate surface area is 136 Å². The number of fused-ring (bicyclic) bond motifs is 1. The lowest BCUT2D eigenvalue weighted by Gasteiger charge is -2.12. The van der Waals surface area contributed by atoms with Gasteiger partial charge in [0.15, 0.2) is 0 Å². The van der Waals surface area contributed by atoms with Gasteiger partial charge >= 0.3 is 0 Å². The highest BCUT2D eigenvalue weighted by Gasteiger charge is 2.09. The van der Waals surface area contributed by atoms with Crippen LogP contribution in [0.4, 0.5) is 11.5 Å². The number of hydrogen-bond acceptors (Lipinski definition) is 3. The van der Waals surface area contributed by atoms with Crippen LogP contribution in [0.1, 0.15) is 5.56 Å². The topological polar surface area (TPSA) is 50.9 Å². The van der Waals surface area contributed by atoms with Crippen LogP contribution >= 0.6 is 28.1 Å². The number of nitrogens with one attached hydrogen (secondary N) is 1. The zero-order valence-corrected chi connectivity index (χ0v) is 13.4. The molecule has 3 N–H and O–H groups in total. The minimum Gasteiger partial charge on any atom is -0.389 e. The van der Waals surface area contributed by atoms with Gasteiger partial charge in [0, 0.05) is 15.5 Å². The van der Waals surface area contributed by atoms with Crippen molar-refractivity contribution in [2.24, 2.45) is 5.73 Å². The van der Waals surface area contributed by atoms with E-state index < -0.39 is 0 Å². The number of nitrogens with zero attached hydrogens (tertiary/aromatic N) is 1. The van der Waals surface area contributed by atoms with Gasteiger partial charge in [-0.05, 0) is 30.3 Å². The van der Waals surface area contributed by atoms with Crippen LogP contribution in [0.15, 0.2) is 59.1 Å². The predicted octanol–water partition coefficient (Wildman–Crippen LogP) is 4.38. The molecule has 0 aliphatic rings. The maximum absolute atomic E-state index is 5.83. The lowest BCUT2D eigenvalue weighted by Crippen LogP contribution is -2.13. The number of benzene rings is 2. The van der Waals surface area contributed by atoms with Crippen LogP contribution in [0.25, 0.3) is 10.9 Å². The van der Waals surface area contributed by atoms with Crippen LogP contribution in [0.5, 0.6) is 0 Å². The standard InChI is InChI=1S/C16H12BrN3S/c17-11-5-3-6-12(9-11)19-16-13(15(18)21)8-10-4-1-2-7-14(10)20-16/h1-9H,(H2,18,21)(H,19,20). The van der Waals surface area contributed by atoms with E-state index in [1.54, 1.807) is 0 Å². The van der Waals surface area contributed by atoms with Crippen LogP contribution < -0.4 is 11.1 Å². The molecule has 0 fully saturated rings. The van der Waals surface area contributed by atoms with Crippen LogP contribution in [-0.2, 0) is 0 Å². The Morgan fingerprint density at radius 2 is 1.90 bits per heavy atom. The molecule has 5 heteroatoms. The normalized spacial score (nSPS) is 10.5. The smallest absolute Gasteiger partial charge is 0.141 e. The Morgan fingerprint density at radius 3 is 2.67 bits per heavy atom. The first-order valence-electron chi connectivity index (χ1n) is 6.36. The highest BCUT2D eigenvalue weighted by Crippen LogP contribution is 2.25. The Kier molecular flexibility index (Phi) is 3.86. The summed E-state index contributed by atoms with van der Waals surface area (Å²) in [6.45, 7) is 0. The summed E-state index contributed by atoms with van der Waals surface area (Å²) in [4.78, 5) is 4.95. The Balaban J connectivity index is 2.11. The first-order chi connectivity index (χ1) is 10.1. The van der Waals surface area contributed by atoms with Crippen molar-refractivity contribution in [1.82, 2.24) is 4.98 Å². The fourth-order valence-corrected chi connectivity index (χ4v) is 2.66. The van der Waals surface area contributed by atoms with Crippen LogP contribution in [0, 0.1) is 0 Å². The average Bonchev–Trinajstić information content (AvgIpc) is 2.46. The highest BCUT2D eigenvalue weighted by molar-refractivity contribution is 9.10. The predicted molar refractivity (Wildman–Crippen MR) is 95.1 cm³/mol. The van der Waals surface area contributed by atoms with Gasteiger partial charge in [-0.1, -0.05) is 52.4 Å². The third-order valence-corrected chi connectivity index (χ3v) is 3.79. The lowest BCUT2D eigenvalue weighted by molar-refractivity contribution is 1.36. The Morgan fingerprint density at radius 1 is 1.10 bits per heavy atom. The molecule has 1 heterocycles. The van der Waals surface area contributed by atoms with Crippen molar-refractivity contribution in [2.45, 2.75) is 0 Å². The Hall–Kier alpha value is -1.98. The first kappa shape index (κ1) is 14.0. The van der Waals surface area contributed by atoms with Gasteiger partial charge in [-0.3, -0.25) is 0 Å². The quantitative estimate of drug-likeness (QED) is 0.683. The number of para-hydroxylation sites is 1. The molecule has 2 aromatic carbocycles. The van der Waals surface area contributed by atoms with E-state index in [2.05, 4.69) is 26.2 Å². The van der Waals surface area contributed by atoms with E-state index in [1.807, 2.05) is 54.6 Å². The summed E-state index contributed by atoms with van der Waals surface area (Å²) in [6, 6.07) is 17.7. The van der Waals surface area contributed by atoms with Crippen molar-refractivity contribution >= 4 is 55.5 Å². The number of thiocarbonyl (C=S) groups is 1. The van der Waals surface area contributed by atoms with Crippen molar-refractivity contribution in [3.05, 3.63) is 64.6 Å². The molecule has 0 aliphatic heterocycles. The molecule has 0 unspecified atom stereocenters. The van der Waals surface area contributed by atoms with Crippen molar-refractivity contribution in [1.29, 1.82) is 0 Å². The monoisotopic (exact) mass is 357 g/mol. The number of hydrogen-bond donors (Lipinski definition) is 2. The van der Waals surface area contributed by atoms with Gasteiger partial charge in [0.1, 0.15) is 10.8 Å². The molecule has 3 nitrogen and oxygen atoms in total. The third kappa shape index (κ3) is 3.04. The van der Waals surface area contributed by atoms with Gasteiger partial charge < -0.3 is 11.1 Å². The summed E-state index contributed by atoms with van der Waals surface area (Å²) < 4.78 is 0.991. The number of pyridine rings is 1. The first-order valence-corrected chi connectivity index (χ1v) is 7.56. The van der Waals surface area contributed by atoms with Gasteiger partial charge in [0.05, 0.1) is 11.1 Å². The van der Waals surface area contributed by atoms with Gasteiger partial charge in [-0.2, -0.15) is 0 Å². The van der Waals surface area contributed by atoms with E-state index in [-0.39, 0.29) is 0 Å². The summed E-state index contributed by atoms with van der Waals surface area (Å²) in [5.41, 5.74) is 8.39. The number of aromatic nitrogens is 1. The maximum atomic E-state index is 5.83. The largest absolute Gasteiger partial charge is 0.389 e. The fraction of sp³-hybridized carbons (Fsp3) is 0. The second-order valence-corrected chi connectivity index (χ2v) is 5.93. The zero-order valence-electron chi connectivity index (χ0n) is 11.0. The molecule has 0 saturated heterocycles. The molecule has 0 amide bonds. The van der Waals surface area contributed by atoms with E-state index in [0.29, 0.717) is 10.8 Å². The molecule has 0 bridgehead atoms. The van der Waals surface area contributed by atoms with Gasteiger partial charge in [-0.15, -0.1) is 0 Å². The van der Waals surface area contributed by atoms with Crippen molar-refractivity contribution in [3.8, 4) is 0 Å². The van der Waals surface area contributed by atoms with Gasteiger partial charge in [0.2, 0.25) is 0 Å². The molecule has 3 aromatic rings. The molecule has 21 heavy (non-hydrogen) atoms. The molecular formula is C16H12BrN3S. The van der Waals surface area contributed by atoms with Crippen LogP contribution in [0.3, 0.4) is 0 Å². The number of anilines is 2. The van der Waals surface area contributed by atoms with Crippen LogP contribution in [-0.4, -0.2) is 9.97 Å². The van der Waals surface area contributed by atoms with Crippen molar-refractivity contribution in [2.75, 3.05) is 5.32 Å². The number of halogens is 1. The van der Waals surface area contributed by atoms with Gasteiger partial charge in [0.25, 0.3) is 0 Å². The molecule has 1 aromatic heterocycles. The summed E-state index contributed by atoms with van der Waals surface area (Å²) in [5, 5.41) is 4.29. The number of rotatable bonds is 3. The summed E-state index contributed by atoms with van der Waals surface area (Å²) in [7, 11) is 0. The molecule has 3 rings (SSSR count). The summed E-state index contributed by atoms with van der Waals surface area (Å²) in [5.74, 6) is 0.666. The lowest BCUT2D eigenvalue weighted by atomic mass is 10.1. The van der Waals surface area contributed by atoms with Crippen molar-refractivity contribution < 1.29 is 0 Å². The minimum absolute atomic E-state index is 0.325. The third-order valence-electron chi connectivity index (χ3n) is 3.08. The molecule has 0 atom stereocenters. The molecule has 0 aliphatic carbocycles. The molecule has 0 radical (unpaired) electrons. The maximum Gasteiger partial charge on any atom is 0.141 e. The zero-order chi connectivity index (χ0) is 14.8.